The highest BCUT2D eigenvalue weighted by Crippen LogP contribution is 2.18. The van der Waals surface area contributed by atoms with Crippen molar-refractivity contribution in [2.24, 2.45) is 5.73 Å². The van der Waals surface area contributed by atoms with Crippen LogP contribution in [0, 0.1) is 6.92 Å². The van der Waals surface area contributed by atoms with Gasteiger partial charge in [0, 0.05) is 0 Å². The first-order valence-corrected chi connectivity index (χ1v) is 5.10. The molecule has 0 fully saturated rings. The highest BCUT2D eigenvalue weighted by molar-refractivity contribution is 7.80. The minimum Gasteiger partial charge on any atom is -0.771 e. The second kappa shape index (κ2) is 4.34. The predicted octanol–water partition coefficient (Wildman–Crippen LogP) is 0.401. The molecule has 0 aromatic heterocycles. The van der Waals surface area contributed by atoms with E-state index in [-0.39, 0.29) is 0 Å². The van der Waals surface area contributed by atoms with Crippen molar-refractivity contribution in [3.05, 3.63) is 35.4 Å². The van der Waals surface area contributed by atoms with Gasteiger partial charge in [0.05, 0.1) is 0 Å². The predicted molar refractivity (Wildman–Crippen MR) is 52.0 cm³/mol. The molecule has 1 rings (SSSR count). The Hall–Kier alpha value is -1.20. The molecule has 5 heteroatoms. The molecule has 2 atom stereocenters. The van der Waals surface area contributed by atoms with Crippen molar-refractivity contribution in [2.45, 2.75) is 12.2 Å². The Bertz CT molecular complexity index is 347. The fourth-order valence-electron chi connectivity index (χ4n) is 1.11. The molecule has 1 aromatic carbocycles. The van der Waals surface area contributed by atoms with Crippen molar-refractivity contribution in [3.8, 4) is 0 Å². The maximum Gasteiger partial charge on any atom is 0.236 e. The van der Waals surface area contributed by atoms with Crippen molar-refractivity contribution < 1.29 is 13.6 Å². The van der Waals surface area contributed by atoms with Gasteiger partial charge in [0.2, 0.25) is 5.91 Å². The highest BCUT2D eigenvalue weighted by Gasteiger charge is 2.18. The molecule has 2 unspecified atom stereocenters. The third-order valence-electron chi connectivity index (χ3n) is 1.83. The van der Waals surface area contributed by atoms with Gasteiger partial charge in [-0.05, 0) is 23.6 Å². The lowest BCUT2D eigenvalue weighted by atomic mass is 10.1. The molecule has 14 heavy (non-hydrogen) atoms. The second-order valence-corrected chi connectivity index (χ2v) is 3.95. The average Bonchev–Trinajstić information content (AvgIpc) is 2.07. The van der Waals surface area contributed by atoms with Gasteiger partial charge in [-0.1, -0.05) is 29.8 Å². The van der Waals surface area contributed by atoms with Crippen molar-refractivity contribution in [1.29, 1.82) is 0 Å². The zero-order chi connectivity index (χ0) is 10.7. The molecule has 0 bridgehead atoms. The van der Waals surface area contributed by atoms with Crippen molar-refractivity contribution >= 4 is 17.0 Å². The Balaban J connectivity index is 3.06. The second-order valence-electron chi connectivity index (χ2n) is 2.95. The van der Waals surface area contributed by atoms with E-state index in [4.69, 9.17) is 5.73 Å². The summed E-state index contributed by atoms with van der Waals surface area (Å²) in [5, 5.41) is -1.25. The van der Waals surface area contributed by atoms with E-state index in [2.05, 4.69) is 0 Å². The van der Waals surface area contributed by atoms with Crippen molar-refractivity contribution in [1.82, 2.24) is 0 Å². The molecule has 1 amide bonds. The standard InChI is InChI=1S/C9H11NO3S/c1-6-2-4-7(5-3-6)8(9(10)11)14(12)13/h2-5,8H,1H3,(H2,10,11)(H,12,13)/p-1. The number of benzene rings is 1. The fraction of sp³-hybridized carbons (Fsp3) is 0.222. The molecule has 0 heterocycles. The van der Waals surface area contributed by atoms with Crippen LogP contribution in [-0.2, 0) is 15.9 Å². The van der Waals surface area contributed by atoms with Crippen LogP contribution in [0.4, 0.5) is 0 Å². The number of nitrogens with two attached hydrogens (primary N) is 1. The molecule has 0 aliphatic rings. The zero-order valence-corrected chi connectivity index (χ0v) is 8.41. The van der Waals surface area contributed by atoms with Crippen LogP contribution < -0.4 is 5.73 Å². The topological polar surface area (TPSA) is 83.2 Å². The van der Waals surface area contributed by atoms with Crippen molar-refractivity contribution in [3.63, 3.8) is 0 Å². The summed E-state index contributed by atoms with van der Waals surface area (Å²) in [6, 6.07) is 6.64. The largest absolute Gasteiger partial charge is 0.771 e. The van der Waals surface area contributed by atoms with E-state index in [9.17, 15) is 13.6 Å². The summed E-state index contributed by atoms with van der Waals surface area (Å²) in [6.07, 6.45) is 0. The zero-order valence-electron chi connectivity index (χ0n) is 7.60. The molecule has 0 spiro atoms. The molecular formula is C9H10NO3S-. The third-order valence-corrected chi connectivity index (χ3v) is 2.72. The van der Waals surface area contributed by atoms with E-state index in [0.717, 1.165) is 5.56 Å². The summed E-state index contributed by atoms with van der Waals surface area (Å²) in [5.41, 5.74) is 6.37. The Morgan fingerprint density at radius 3 is 2.29 bits per heavy atom. The maximum absolute atomic E-state index is 10.9. The van der Waals surface area contributed by atoms with Crippen LogP contribution in [0.1, 0.15) is 16.4 Å². The number of aryl methyl sites for hydroxylation is 1. The smallest absolute Gasteiger partial charge is 0.236 e. The summed E-state index contributed by atoms with van der Waals surface area (Å²) in [4.78, 5) is 10.9. The van der Waals surface area contributed by atoms with E-state index in [1.807, 2.05) is 6.92 Å². The minimum absolute atomic E-state index is 0.399. The van der Waals surface area contributed by atoms with Gasteiger partial charge in [-0.15, -0.1) is 0 Å². The molecule has 76 valence electrons. The van der Waals surface area contributed by atoms with Gasteiger partial charge in [0.25, 0.3) is 0 Å². The minimum atomic E-state index is -2.52. The van der Waals surface area contributed by atoms with E-state index in [1.165, 1.54) is 0 Å². The van der Waals surface area contributed by atoms with Gasteiger partial charge in [-0.25, -0.2) is 0 Å². The number of carbonyl (C=O) groups excluding carboxylic acids is 1. The summed E-state index contributed by atoms with van der Waals surface area (Å²) >= 11 is -2.52. The molecule has 0 aliphatic carbocycles. The Kier molecular flexibility index (Phi) is 3.38. The van der Waals surface area contributed by atoms with Gasteiger partial charge in [-0.2, -0.15) is 0 Å². The molecular weight excluding hydrogens is 202 g/mol. The lowest BCUT2D eigenvalue weighted by Gasteiger charge is -2.16. The first kappa shape index (κ1) is 10.9. The molecule has 4 nitrogen and oxygen atoms in total. The molecule has 1 aromatic rings. The van der Waals surface area contributed by atoms with Crippen LogP contribution in [0.5, 0.6) is 0 Å². The van der Waals surface area contributed by atoms with Crippen LogP contribution in [0.25, 0.3) is 0 Å². The monoisotopic (exact) mass is 212 g/mol. The molecule has 0 saturated heterocycles. The summed E-state index contributed by atoms with van der Waals surface area (Å²) < 4.78 is 21.5. The Morgan fingerprint density at radius 1 is 1.43 bits per heavy atom. The molecule has 0 radical (unpaired) electrons. The number of rotatable bonds is 3. The number of hydrogen-bond donors (Lipinski definition) is 1. The first-order valence-electron chi connectivity index (χ1n) is 3.96. The van der Waals surface area contributed by atoms with Gasteiger partial charge in [0.15, 0.2) is 0 Å². The van der Waals surface area contributed by atoms with Crippen LogP contribution in [-0.4, -0.2) is 14.7 Å². The Morgan fingerprint density at radius 2 is 1.93 bits per heavy atom. The molecule has 0 aliphatic heterocycles. The van der Waals surface area contributed by atoms with Gasteiger partial charge in [0.1, 0.15) is 5.25 Å². The average molecular weight is 212 g/mol. The number of carbonyl (C=O) groups is 1. The van der Waals surface area contributed by atoms with E-state index in [1.54, 1.807) is 24.3 Å². The van der Waals surface area contributed by atoms with E-state index < -0.39 is 22.2 Å². The fourth-order valence-corrected chi connectivity index (χ4v) is 1.68. The first-order chi connectivity index (χ1) is 6.52. The number of primary amides is 1. The lowest BCUT2D eigenvalue weighted by molar-refractivity contribution is -0.117. The van der Waals surface area contributed by atoms with E-state index >= 15 is 0 Å². The number of hydrogen-bond acceptors (Lipinski definition) is 3. The highest BCUT2D eigenvalue weighted by atomic mass is 32.2. The van der Waals surface area contributed by atoms with Crippen molar-refractivity contribution in [2.75, 3.05) is 0 Å². The van der Waals surface area contributed by atoms with Crippen LogP contribution in [0.2, 0.25) is 0 Å². The van der Waals surface area contributed by atoms with Gasteiger partial charge >= 0.3 is 0 Å². The SMILES string of the molecule is Cc1ccc(C(C(N)=O)S(=O)[O-])cc1. The number of amides is 1. The third kappa shape index (κ3) is 2.40. The van der Waals surface area contributed by atoms with E-state index in [0.29, 0.717) is 5.56 Å². The lowest BCUT2D eigenvalue weighted by Crippen LogP contribution is -2.24. The summed E-state index contributed by atoms with van der Waals surface area (Å²) in [5.74, 6) is -0.859. The molecule has 0 saturated carbocycles. The van der Waals surface area contributed by atoms with Crippen LogP contribution in [0.15, 0.2) is 24.3 Å². The quantitative estimate of drug-likeness (QED) is 0.736. The normalized spacial score (nSPS) is 14.7. The maximum atomic E-state index is 10.9. The van der Waals surface area contributed by atoms with Crippen LogP contribution >= 0.6 is 0 Å². The summed E-state index contributed by atoms with van der Waals surface area (Å²) in [6.45, 7) is 1.87. The summed E-state index contributed by atoms with van der Waals surface area (Å²) in [7, 11) is 0. The van der Waals surface area contributed by atoms with Gasteiger partial charge < -0.3 is 10.3 Å². The molecule has 2 N–H and O–H groups in total. The Labute approximate surface area is 84.4 Å². The van der Waals surface area contributed by atoms with Crippen LogP contribution in [0.3, 0.4) is 0 Å². The van der Waals surface area contributed by atoms with Gasteiger partial charge in [-0.3, -0.25) is 9.00 Å².